The lowest BCUT2D eigenvalue weighted by molar-refractivity contribution is -0.142. The number of unbranched alkanes of at least 4 members (excludes halogenated alkanes) is 1. The molecule has 3 rings (SSSR count). The Morgan fingerprint density at radius 1 is 0.902 bits per heavy atom. The van der Waals surface area contributed by atoms with Crippen LogP contribution in [0.5, 0.6) is 5.75 Å². The van der Waals surface area contributed by atoms with Gasteiger partial charge in [0.1, 0.15) is 23.4 Å². The van der Waals surface area contributed by atoms with Crippen LogP contribution in [0.1, 0.15) is 63.3 Å². The van der Waals surface area contributed by atoms with Gasteiger partial charge in [-0.1, -0.05) is 86.1 Å². The summed E-state index contributed by atoms with van der Waals surface area (Å²) in [7, 11) is 0. The zero-order valence-electron chi connectivity index (χ0n) is 24.3. The molecule has 0 aromatic heterocycles. The number of nitrogens with zero attached hydrogens (tertiary/aromatic N) is 1. The summed E-state index contributed by atoms with van der Waals surface area (Å²) in [5.74, 6) is -0.824. The van der Waals surface area contributed by atoms with Crippen molar-refractivity contribution >= 4 is 17.9 Å². The summed E-state index contributed by atoms with van der Waals surface area (Å²) in [4.78, 5) is 42.5. The molecule has 0 aliphatic heterocycles. The lowest BCUT2D eigenvalue weighted by Crippen LogP contribution is -2.54. The van der Waals surface area contributed by atoms with E-state index in [-0.39, 0.29) is 31.2 Å². The maximum atomic E-state index is 14.3. The van der Waals surface area contributed by atoms with Crippen LogP contribution in [0.25, 0.3) is 0 Å². The van der Waals surface area contributed by atoms with Crippen molar-refractivity contribution in [3.63, 3.8) is 0 Å². The van der Waals surface area contributed by atoms with E-state index in [1.807, 2.05) is 67.6 Å². The monoisotopic (exact) mass is 559 g/mol. The Bertz CT molecular complexity index is 1270. The second kappa shape index (κ2) is 14.9. The molecule has 3 amide bonds. The molecule has 3 N–H and O–H groups in total. The molecule has 0 aliphatic carbocycles. The van der Waals surface area contributed by atoms with Crippen LogP contribution in [0, 0.1) is 0 Å². The first-order valence-electron chi connectivity index (χ1n) is 14.0. The molecule has 0 heterocycles. The molecule has 0 spiro atoms. The number of nitrogens with one attached hydrogen (secondary N) is 2. The minimum Gasteiger partial charge on any atom is -0.508 e. The van der Waals surface area contributed by atoms with Crippen molar-refractivity contribution in [1.29, 1.82) is 0 Å². The average molecular weight is 560 g/mol. The second-order valence-electron chi connectivity index (χ2n) is 11.0. The van der Waals surface area contributed by atoms with E-state index < -0.39 is 29.7 Å². The molecule has 0 bridgehead atoms. The zero-order chi connectivity index (χ0) is 29.8. The lowest BCUT2D eigenvalue weighted by Gasteiger charge is -2.34. The van der Waals surface area contributed by atoms with Gasteiger partial charge in [-0.3, -0.25) is 9.59 Å². The molecule has 3 aromatic rings. The fourth-order valence-corrected chi connectivity index (χ4v) is 4.44. The summed E-state index contributed by atoms with van der Waals surface area (Å²) in [6.45, 7) is 7.81. The molecule has 2 unspecified atom stereocenters. The first-order valence-corrected chi connectivity index (χ1v) is 14.0. The molecule has 0 radical (unpaired) electrons. The highest BCUT2D eigenvalue weighted by Gasteiger charge is 2.36. The quantitative estimate of drug-likeness (QED) is 0.271. The van der Waals surface area contributed by atoms with Crippen LogP contribution in [0.4, 0.5) is 4.79 Å². The third kappa shape index (κ3) is 9.98. The molecule has 0 aliphatic rings. The van der Waals surface area contributed by atoms with Gasteiger partial charge in [0, 0.05) is 19.5 Å². The Morgan fingerprint density at radius 3 is 2.12 bits per heavy atom. The summed E-state index contributed by atoms with van der Waals surface area (Å²) >= 11 is 0. The van der Waals surface area contributed by atoms with Crippen molar-refractivity contribution in [2.24, 2.45) is 0 Å². The van der Waals surface area contributed by atoms with Gasteiger partial charge in [0.2, 0.25) is 11.8 Å². The smallest absolute Gasteiger partial charge is 0.408 e. The Labute approximate surface area is 242 Å². The number of alkyl carbamates (subject to hydrolysis) is 1. The van der Waals surface area contributed by atoms with E-state index in [0.29, 0.717) is 12.0 Å². The van der Waals surface area contributed by atoms with Crippen LogP contribution in [-0.4, -0.2) is 46.1 Å². The highest BCUT2D eigenvalue weighted by atomic mass is 16.6. The normalized spacial score (nSPS) is 12.6. The number of rotatable bonds is 12. The minimum absolute atomic E-state index is 0.0148. The predicted molar refractivity (Wildman–Crippen MR) is 159 cm³/mol. The summed E-state index contributed by atoms with van der Waals surface area (Å²) in [6, 6.07) is 23.2. The van der Waals surface area contributed by atoms with Crippen LogP contribution < -0.4 is 10.6 Å². The summed E-state index contributed by atoms with van der Waals surface area (Å²) < 4.78 is 5.48. The molecule has 8 nitrogen and oxygen atoms in total. The summed E-state index contributed by atoms with van der Waals surface area (Å²) in [5, 5.41) is 16.0. The molecular formula is C33H41N3O5. The first kappa shape index (κ1) is 31.2. The van der Waals surface area contributed by atoms with Crippen molar-refractivity contribution in [3.8, 4) is 5.75 Å². The van der Waals surface area contributed by atoms with Crippen LogP contribution in [0.2, 0.25) is 0 Å². The van der Waals surface area contributed by atoms with Crippen LogP contribution in [-0.2, 0) is 27.3 Å². The molecule has 3 aromatic carbocycles. The fraction of sp³-hybridized carbons (Fsp3) is 0.364. The van der Waals surface area contributed by atoms with Crippen molar-refractivity contribution in [2.75, 3.05) is 6.54 Å². The maximum absolute atomic E-state index is 14.3. The van der Waals surface area contributed by atoms with E-state index in [4.69, 9.17) is 4.74 Å². The van der Waals surface area contributed by atoms with Gasteiger partial charge in [-0.2, -0.15) is 0 Å². The first-order chi connectivity index (χ1) is 19.6. The molecule has 218 valence electrons. The van der Waals surface area contributed by atoms with Crippen molar-refractivity contribution < 1.29 is 24.2 Å². The largest absolute Gasteiger partial charge is 0.508 e. The molecule has 41 heavy (non-hydrogen) atoms. The second-order valence-corrected chi connectivity index (χ2v) is 11.0. The number of carbonyl (C=O) groups is 3. The van der Waals surface area contributed by atoms with Gasteiger partial charge in [0.25, 0.3) is 0 Å². The van der Waals surface area contributed by atoms with Gasteiger partial charge in [-0.05, 0) is 56.0 Å². The van der Waals surface area contributed by atoms with Gasteiger partial charge < -0.3 is 25.4 Å². The third-order valence-electron chi connectivity index (χ3n) is 6.36. The highest BCUT2D eigenvalue weighted by molar-refractivity contribution is 5.92. The van der Waals surface area contributed by atoms with Gasteiger partial charge >= 0.3 is 6.09 Å². The van der Waals surface area contributed by atoms with E-state index in [2.05, 4.69) is 10.6 Å². The number of amides is 3. The van der Waals surface area contributed by atoms with Gasteiger partial charge in [0.15, 0.2) is 0 Å². The Morgan fingerprint density at radius 2 is 1.54 bits per heavy atom. The molecule has 0 fully saturated rings. The highest BCUT2D eigenvalue weighted by Crippen LogP contribution is 2.27. The number of phenols is 1. The molecule has 0 saturated carbocycles. The topological polar surface area (TPSA) is 108 Å². The zero-order valence-corrected chi connectivity index (χ0v) is 24.3. The van der Waals surface area contributed by atoms with Crippen LogP contribution >= 0.6 is 0 Å². The number of hydrogen-bond donors (Lipinski definition) is 3. The Kier molecular flexibility index (Phi) is 11.3. The van der Waals surface area contributed by atoms with Crippen molar-refractivity contribution in [1.82, 2.24) is 15.5 Å². The molecular weight excluding hydrogens is 518 g/mol. The van der Waals surface area contributed by atoms with E-state index in [1.165, 1.54) is 17.0 Å². The van der Waals surface area contributed by atoms with Crippen molar-refractivity contribution in [2.45, 2.75) is 71.2 Å². The van der Waals surface area contributed by atoms with Crippen LogP contribution in [0.3, 0.4) is 0 Å². The number of phenolic OH excluding ortho intramolecular Hbond substituents is 1. The van der Waals surface area contributed by atoms with Gasteiger partial charge in [-0.25, -0.2) is 4.79 Å². The average Bonchev–Trinajstić information content (AvgIpc) is 2.93. The number of ether oxygens (including phenoxy) is 1. The van der Waals surface area contributed by atoms with E-state index in [9.17, 15) is 19.5 Å². The summed E-state index contributed by atoms with van der Waals surface area (Å²) in [5.41, 5.74) is 1.47. The fourth-order valence-electron chi connectivity index (χ4n) is 4.44. The Hall–Kier alpha value is -4.33. The van der Waals surface area contributed by atoms with E-state index in [1.54, 1.807) is 32.9 Å². The molecule has 2 atom stereocenters. The number of carbonyl (C=O) groups excluding carboxylic acids is 3. The number of hydrogen-bond acceptors (Lipinski definition) is 5. The number of aromatic hydroxyl groups is 1. The molecule has 8 heteroatoms. The standard InChI is InChI=1S/C33H41N3O5/c1-5-6-20-36(31(39)28(21-24-14-9-7-10-15-24)35-32(40)41-33(2,3)4)29(26-18-13-19-27(37)22-26)30(38)34-23-25-16-11-8-12-17-25/h7-19,22,28-29,37H,5-6,20-21,23H2,1-4H3,(H,34,38)(H,35,40). The van der Waals surface area contributed by atoms with Crippen LogP contribution in [0.15, 0.2) is 84.9 Å². The SMILES string of the molecule is CCCCN(C(=O)C(Cc1ccccc1)NC(=O)OC(C)(C)C)C(C(=O)NCc1ccccc1)c1cccc(O)c1. The third-order valence-corrected chi connectivity index (χ3v) is 6.36. The maximum Gasteiger partial charge on any atom is 0.408 e. The number of benzene rings is 3. The van der Waals surface area contributed by atoms with Gasteiger partial charge in [0.05, 0.1) is 0 Å². The van der Waals surface area contributed by atoms with E-state index in [0.717, 1.165) is 17.5 Å². The Balaban J connectivity index is 2.00. The van der Waals surface area contributed by atoms with Gasteiger partial charge in [-0.15, -0.1) is 0 Å². The van der Waals surface area contributed by atoms with E-state index >= 15 is 0 Å². The molecule has 0 saturated heterocycles. The van der Waals surface area contributed by atoms with Crippen molar-refractivity contribution in [3.05, 3.63) is 102 Å². The predicted octanol–water partition coefficient (Wildman–Crippen LogP) is 5.51. The lowest BCUT2D eigenvalue weighted by atomic mass is 9.99. The summed E-state index contributed by atoms with van der Waals surface area (Å²) in [6.07, 6.45) is 0.910. The minimum atomic E-state index is -1.04.